The van der Waals surface area contributed by atoms with Crippen molar-refractivity contribution in [1.29, 1.82) is 5.26 Å². The summed E-state index contributed by atoms with van der Waals surface area (Å²) in [6, 6.07) is 61.9. The van der Waals surface area contributed by atoms with Crippen molar-refractivity contribution in [3.63, 3.8) is 0 Å². The number of carbonyl (C=O) groups is 5. The number of hydrogen-bond acceptors (Lipinski definition) is 24. The number of nitriles is 1. The van der Waals surface area contributed by atoms with Crippen molar-refractivity contribution in [2.24, 2.45) is 0 Å². The number of ether oxygens (including phenoxy) is 4. The molecule has 1 aromatic heterocycles. The molecule has 10 aromatic carbocycles. The van der Waals surface area contributed by atoms with E-state index in [-0.39, 0.29) is 89.2 Å². The third-order valence-corrected chi connectivity index (χ3v) is 23.6. The second-order valence-electron chi connectivity index (χ2n) is 35.1. The summed E-state index contributed by atoms with van der Waals surface area (Å²) in [5, 5.41) is 73.2. The summed E-state index contributed by atoms with van der Waals surface area (Å²) in [5.74, 6) is 0.405. The van der Waals surface area contributed by atoms with Crippen LogP contribution in [0, 0.1) is 47.5 Å². The van der Waals surface area contributed by atoms with E-state index in [1.165, 1.54) is 41.5 Å². The van der Waals surface area contributed by atoms with Crippen LogP contribution in [-0.2, 0) is 44.8 Å². The molecule has 0 fully saturated rings. The minimum Gasteiger partial charge on any atom is -1.00 e. The number of aromatic nitrogens is 2. The van der Waals surface area contributed by atoms with Crippen molar-refractivity contribution in [2.75, 3.05) is 54.0 Å². The predicted molar refractivity (Wildman–Crippen MR) is 556 cm³/mol. The number of imidazole rings is 1. The molecule has 0 aliphatic heterocycles. The zero-order valence-corrected chi connectivity index (χ0v) is 85.2. The van der Waals surface area contributed by atoms with Crippen molar-refractivity contribution < 1.29 is 93.8 Å². The van der Waals surface area contributed by atoms with E-state index < -0.39 is 68.9 Å². The van der Waals surface area contributed by atoms with Crippen molar-refractivity contribution in [2.45, 2.75) is 213 Å². The number of aliphatic hydroxyl groups is 1. The van der Waals surface area contributed by atoms with Gasteiger partial charge in [0.15, 0.2) is 7.38 Å². The van der Waals surface area contributed by atoms with Crippen LogP contribution in [0.2, 0.25) is 18.1 Å². The summed E-state index contributed by atoms with van der Waals surface area (Å²) in [4.78, 5) is 96.3. The first-order valence-electron chi connectivity index (χ1n) is 41.9. The monoisotopic (exact) mass is 1970 g/mol. The molecule has 0 aliphatic rings. The maximum absolute atomic E-state index is 12.0. The molecule has 3 radical (unpaired) electrons. The number of nitrogens with one attached hydrogen (secondary N) is 8. The molecule has 13 N–H and O–H groups in total. The molecule has 0 bridgehead atoms. The first-order chi connectivity index (χ1) is 61.6. The summed E-state index contributed by atoms with van der Waals surface area (Å²) < 4.78 is 22.8. The van der Waals surface area contributed by atoms with Gasteiger partial charge in [0, 0.05) is 93.6 Å². The Hall–Kier alpha value is -13.1. The number of benzene rings is 10. The van der Waals surface area contributed by atoms with Gasteiger partial charge in [-0.2, -0.15) is 16.3 Å². The number of aliphatic hydroxyl groups excluding tert-OH is 1. The second-order valence-corrected chi connectivity index (χ2v) is 42.7. The molecule has 723 valence electrons. The van der Waals surface area contributed by atoms with Gasteiger partial charge in [-0.1, -0.05) is 130 Å². The molecule has 0 saturated heterocycles. The summed E-state index contributed by atoms with van der Waals surface area (Å²) in [7, 11) is -1.39. The van der Waals surface area contributed by atoms with E-state index >= 15 is 0 Å². The van der Waals surface area contributed by atoms with E-state index in [0.717, 1.165) is 64.2 Å². The quantitative estimate of drug-likeness (QED) is 0.00605. The Bertz CT molecular complexity index is 5730. The van der Waals surface area contributed by atoms with Crippen LogP contribution in [0.3, 0.4) is 0 Å². The Morgan fingerprint density at radius 2 is 0.787 bits per heavy atom. The molecule has 0 atom stereocenters. The van der Waals surface area contributed by atoms with Crippen LogP contribution in [0.5, 0.6) is 0 Å². The molecule has 4 amide bonds. The maximum atomic E-state index is 12.0. The first-order valence-corrected chi connectivity index (χ1v) is 46.7. The summed E-state index contributed by atoms with van der Waals surface area (Å²) in [5.41, 5.74) is 25.0. The van der Waals surface area contributed by atoms with Gasteiger partial charge in [0.2, 0.25) is 5.95 Å². The number of nitrogens with zero attached hydrogens (tertiary/aromatic N) is 6. The number of fused-ring (bicyclic) bond motifs is 1. The minimum absolute atomic E-state index is 0. The van der Waals surface area contributed by atoms with Crippen LogP contribution in [0.25, 0.3) is 16.7 Å². The van der Waals surface area contributed by atoms with Gasteiger partial charge in [0.1, 0.15) is 50.7 Å². The summed E-state index contributed by atoms with van der Waals surface area (Å²) >= 11 is 8.60. The summed E-state index contributed by atoms with van der Waals surface area (Å²) in [6.45, 7) is 40.3. The van der Waals surface area contributed by atoms with Crippen LogP contribution in [-0.4, -0.2) is 98.3 Å². The molecule has 136 heavy (non-hydrogen) atoms. The second kappa shape index (κ2) is 55.7. The molecule has 0 saturated carbocycles. The van der Waals surface area contributed by atoms with E-state index in [1.807, 2.05) is 157 Å². The SMILES string of the molecule is C.C.CC(C)(C)OC(=O)Nc1cccc(Nc2ccc(CO)cc2[N+](=O)[O-])c1.CC(C)(C)[Si](C)(C)Cl.CCc1ccc(Nc2cccc(NC(=O)OC(C)(C)C)c2)c(N)c1.CCc1ccc(Nc2cccc(NC(=O)OC(C)(C)C)c2)c([N+](=O)[O-])c1.CCc1ccc2c(c1)nc(N)n2-c1cccc(NC(=O)OC(C)(C)C)c1.Cc1cccc(Nc2ccc(C=O)cc2[N+](=O)[O-])c1.N#CBr.[B].[H-].[Na+]. The largest absolute Gasteiger partial charge is 1.00 e. The number of rotatable bonds is 21. The van der Waals surface area contributed by atoms with E-state index in [0.29, 0.717) is 74.0 Å². The molecule has 0 unspecified atom stereocenters. The molecule has 37 heteroatoms. The van der Waals surface area contributed by atoms with Crippen LogP contribution in [0.15, 0.2) is 212 Å². The topological polar surface area (TPSA) is 462 Å². The maximum Gasteiger partial charge on any atom is 1.00 e. The van der Waals surface area contributed by atoms with E-state index in [4.69, 9.17) is 51.9 Å². The van der Waals surface area contributed by atoms with Gasteiger partial charge in [-0.15, -0.1) is 0 Å². The Morgan fingerprint density at radius 3 is 1.13 bits per heavy atom. The van der Waals surface area contributed by atoms with E-state index in [9.17, 15) is 54.3 Å². The fourth-order valence-electron chi connectivity index (χ4n) is 11.2. The minimum atomic E-state index is -1.39. The van der Waals surface area contributed by atoms with Crippen molar-refractivity contribution in [3.8, 4) is 10.7 Å². The normalized spacial score (nSPS) is 10.6. The van der Waals surface area contributed by atoms with Crippen LogP contribution >= 0.6 is 27.0 Å². The number of nitrogen functional groups attached to an aromatic ring is 2. The number of hydrogen-bond donors (Lipinski definition) is 11. The average molecular weight is 1980 g/mol. The number of nitro groups is 3. The molecule has 0 aliphatic carbocycles. The first kappa shape index (κ1) is 121. The number of nitro benzene ring substituents is 3. The van der Waals surface area contributed by atoms with Crippen molar-refractivity contribution >= 4 is 181 Å². The predicted octanol–water partition coefficient (Wildman–Crippen LogP) is 24.4. The molecule has 11 rings (SSSR count). The van der Waals surface area contributed by atoms with Crippen molar-refractivity contribution in [1.82, 2.24) is 9.55 Å². The number of anilines is 14. The van der Waals surface area contributed by atoms with E-state index in [1.54, 1.807) is 125 Å². The Kier molecular flexibility index (Phi) is 49.5. The van der Waals surface area contributed by atoms with Gasteiger partial charge in [0.05, 0.1) is 49.5 Å². The molecular weight excluding hydrogens is 1850 g/mol. The van der Waals surface area contributed by atoms with Crippen molar-refractivity contribution in [3.05, 3.63) is 276 Å². The van der Waals surface area contributed by atoms with Gasteiger partial charge in [-0.3, -0.25) is 61.0 Å². The molecule has 0 spiro atoms. The van der Waals surface area contributed by atoms with E-state index in [2.05, 4.69) is 117 Å². The van der Waals surface area contributed by atoms with Crippen LogP contribution in [0.1, 0.15) is 179 Å². The van der Waals surface area contributed by atoms with Gasteiger partial charge in [0.25, 0.3) is 17.1 Å². The van der Waals surface area contributed by atoms with Crippen LogP contribution in [0.4, 0.5) is 116 Å². The number of aldehydes is 1. The number of nitrogens with two attached hydrogens (primary N) is 2. The zero-order valence-electron chi connectivity index (χ0n) is 80.9. The third-order valence-electron chi connectivity index (χ3n) is 18.3. The van der Waals surface area contributed by atoms with Gasteiger partial charge < -0.3 is 58.2 Å². The summed E-state index contributed by atoms with van der Waals surface area (Å²) in [6.07, 6.45) is 1.07. The standard InChI is InChI=1S/C20H24N4O2.C19H23N3O4.C19H25N3O2.C18H21N3O5.C14H12N2O3.C6H15ClSi.CBrN.2CH4.B.Na.H/c1-5-13-9-10-17-16(11-13)23-18(21)24(17)15-8-6-7-14(12-15)22-19(25)26-20(2,3)4;1-5-13-9-10-16(17(11-13)22(24)25)20-14-7-6-8-15(12-14)21-18(23)26-19(2,3)4;1-5-13-9-10-17(16(20)11-13)21-14-7-6-8-15(12-14)22-18(23)24-19(2,3)4;1-18(2,3)26-17(23)20-14-6-4-5-13(10-14)19-15-8-7-12(11-22)9-16(15)21(24)25;1-10-3-2-4-12(7-10)15-13-6-5-11(9-17)8-14(13)16(18)19;1-6(2,3)8(4,5)7;2-1-3;;;;;/h6-12H,5H2,1-4H3,(H2,21,23)(H,22,25);6-12,20H,5H2,1-4H3,(H,21,23);6-12,21H,5,20H2,1-4H3,(H,22,23);4-10,19,22H,11H2,1-3H3,(H,20,23);2-9,15H,1H3;1-5H3;;2*1H4;;;/q;;;;;;;;;;+1;-1. The van der Waals surface area contributed by atoms with Gasteiger partial charge in [-0.05, 0) is 276 Å². The van der Waals surface area contributed by atoms with Gasteiger partial charge in [-0.25, -0.2) is 24.2 Å². The fraction of sp³-hybridized carbons (Fsp3) is 0.323. The smallest absolute Gasteiger partial charge is 1.00 e. The number of halogens is 2. The third kappa shape index (κ3) is 43.1. The molecule has 32 nitrogen and oxygen atoms in total. The number of aryl methyl sites for hydroxylation is 4. The van der Waals surface area contributed by atoms with Crippen LogP contribution < -0.4 is 83.6 Å². The molecule has 11 aromatic rings. The Morgan fingerprint density at radius 1 is 0.485 bits per heavy atom. The molecule has 1 heterocycles. The van der Waals surface area contributed by atoms with Gasteiger partial charge >= 0.3 is 53.9 Å². The fourth-order valence-corrected chi connectivity index (χ4v) is 11.2. The zero-order chi connectivity index (χ0) is 98.8. The number of carbonyl (C=O) groups excluding carboxylic acids is 5. The number of amides is 4. The average Bonchev–Trinajstić information content (AvgIpc) is 1.62. The Labute approximate surface area is 837 Å². The Balaban J connectivity index is 0.00000163. The molecular formula is C99H129BBrClN16NaO16Si.